The Morgan fingerprint density at radius 1 is 1.22 bits per heavy atom. The molecule has 0 saturated carbocycles. The van der Waals surface area contributed by atoms with E-state index in [2.05, 4.69) is 11.2 Å². The third kappa shape index (κ3) is 2.21. The molecule has 0 N–H and O–H groups in total. The van der Waals surface area contributed by atoms with E-state index in [9.17, 15) is 9.59 Å². The Kier molecular flexibility index (Phi) is 3.18. The van der Waals surface area contributed by atoms with E-state index in [4.69, 9.17) is 4.52 Å². The number of hydrogen-bond acceptors (Lipinski definition) is 4. The van der Waals surface area contributed by atoms with Crippen molar-refractivity contribution in [1.82, 2.24) is 15.0 Å². The average Bonchev–Trinajstić information content (AvgIpc) is 3.23. The van der Waals surface area contributed by atoms with E-state index in [0.717, 1.165) is 5.56 Å². The van der Waals surface area contributed by atoms with E-state index >= 15 is 0 Å². The number of rotatable bonds is 1. The fraction of sp³-hybridized carbons (Fsp3) is 0.353. The number of fused-ring (bicyclic) bond motifs is 3. The molecule has 1 saturated heterocycles. The predicted octanol–water partition coefficient (Wildman–Crippen LogP) is 1.64. The van der Waals surface area contributed by atoms with Crippen LogP contribution in [-0.2, 0) is 11.3 Å². The van der Waals surface area contributed by atoms with Gasteiger partial charge in [-0.1, -0.05) is 29.4 Å². The SMILES string of the molecule is CC(=O)N1C[C@H]2c3ccccc3CN(C(=O)c3ccno3)[C@H]2C1. The van der Waals surface area contributed by atoms with Gasteiger partial charge < -0.3 is 14.3 Å². The van der Waals surface area contributed by atoms with Gasteiger partial charge in [-0.05, 0) is 11.1 Å². The zero-order valence-electron chi connectivity index (χ0n) is 12.8. The van der Waals surface area contributed by atoms with Gasteiger partial charge in [0.15, 0.2) is 0 Å². The van der Waals surface area contributed by atoms with Crippen LogP contribution in [0.15, 0.2) is 41.1 Å². The summed E-state index contributed by atoms with van der Waals surface area (Å²) in [5.41, 5.74) is 2.37. The van der Waals surface area contributed by atoms with Crippen molar-refractivity contribution in [2.24, 2.45) is 0 Å². The first kappa shape index (κ1) is 14.0. The average molecular weight is 311 g/mol. The highest BCUT2D eigenvalue weighted by Crippen LogP contribution is 2.38. The van der Waals surface area contributed by atoms with Crippen LogP contribution in [0.2, 0.25) is 0 Å². The lowest BCUT2D eigenvalue weighted by Gasteiger charge is -2.37. The van der Waals surface area contributed by atoms with Gasteiger partial charge in [-0.15, -0.1) is 0 Å². The second-order valence-electron chi connectivity index (χ2n) is 6.11. The van der Waals surface area contributed by atoms with Crippen molar-refractivity contribution in [2.75, 3.05) is 13.1 Å². The predicted molar refractivity (Wildman–Crippen MR) is 81.6 cm³/mol. The summed E-state index contributed by atoms with van der Waals surface area (Å²) in [5, 5.41) is 3.62. The molecular weight excluding hydrogens is 294 g/mol. The monoisotopic (exact) mass is 311 g/mol. The minimum absolute atomic E-state index is 0.0219. The van der Waals surface area contributed by atoms with Gasteiger partial charge in [0, 0.05) is 38.5 Å². The zero-order valence-corrected chi connectivity index (χ0v) is 12.8. The number of carbonyl (C=O) groups excluding carboxylic acids is 2. The number of hydrogen-bond donors (Lipinski definition) is 0. The summed E-state index contributed by atoms with van der Waals surface area (Å²) in [5.74, 6) is 0.265. The first-order valence-electron chi connectivity index (χ1n) is 7.70. The standard InChI is InChI=1S/C17H17N3O3/c1-11(21)19-9-14-13-5-3-2-4-12(13)8-20(15(14)10-19)17(22)16-6-7-18-23-16/h2-7,14-15H,8-10H2,1H3/t14-,15-/m0/s1. The molecule has 4 rings (SSSR count). The molecule has 2 aromatic rings. The first-order valence-corrected chi connectivity index (χ1v) is 7.70. The maximum atomic E-state index is 12.8. The quantitative estimate of drug-likeness (QED) is 0.803. The van der Waals surface area contributed by atoms with Crippen LogP contribution >= 0.6 is 0 Å². The van der Waals surface area contributed by atoms with Crippen molar-refractivity contribution < 1.29 is 14.1 Å². The minimum atomic E-state index is -0.169. The van der Waals surface area contributed by atoms with Crippen LogP contribution < -0.4 is 0 Å². The van der Waals surface area contributed by atoms with Crippen LogP contribution in [0.1, 0.15) is 34.5 Å². The molecule has 2 aliphatic rings. The molecule has 6 heteroatoms. The molecule has 2 atom stereocenters. The molecule has 0 unspecified atom stereocenters. The highest BCUT2D eigenvalue weighted by molar-refractivity contribution is 5.92. The van der Waals surface area contributed by atoms with E-state index < -0.39 is 0 Å². The fourth-order valence-corrected chi connectivity index (χ4v) is 3.70. The summed E-state index contributed by atoms with van der Waals surface area (Å²) < 4.78 is 5.04. The summed E-state index contributed by atoms with van der Waals surface area (Å²) >= 11 is 0. The number of benzene rings is 1. The summed E-state index contributed by atoms with van der Waals surface area (Å²) in [7, 11) is 0. The van der Waals surface area contributed by atoms with E-state index in [1.54, 1.807) is 13.0 Å². The van der Waals surface area contributed by atoms with Crippen molar-refractivity contribution in [3.05, 3.63) is 53.4 Å². The van der Waals surface area contributed by atoms with E-state index in [1.165, 1.54) is 11.8 Å². The van der Waals surface area contributed by atoms with Crippen LogP contribution in [-0.4, -0.2) is 45.9 Å². The van der Waals surface area contributed by atoms with E-state index in [0.29, 0.717) is 19.6 Å². The number of carbonyl (C=O) groups is 2. The summed E-state index contributed by atoms with van der Waals surface area (Å²) in [6.07, 6.45) is 1.47. The van der Waals surface area contributed by atoms with Gasteiger partial charge in [-0.25, -0.2) is 0 Å². The molecule has 1 aromatic heterocycles. The lowest BCUT2D eigenvalue weighted by atomic mass is 9.85. The van der Waals surface area contributed by atoms with Crippen molar-refractivity contribution in [3.63, 3.8) is 0 Å². The van der Waals surface area contributed by atoms with Crippen molar-refractivity contribution in [2.45, 2.75) is 25.4 Å². The van der Waals surface area contributed by atoms with Crippen LogP contribution in [0.3, 0.4) is 0 Å². The van der Waals surface area contributed by atoms with Crippen molar-refractivity contribution in [3.8, 4) is 0 Å². The summed E-state index contributed by atoms with van der Waals surface area (Å²) in [6.45, 7) is 3.32. The molecule has 6 nitrogen and oxygen atoms in total. The largest absolute Gasteiger partial charge is 0.351 e. The normalized spacial score (nSPS) is 22.7. The van der Waals surface area contributed by atoms with Crippen LogP contribution in [0, 0.1) is 0 Å². The Morgan fingerprint density at radius 3 is 2.78 bits per heavy atom. The van der Waals surface area contributed by atoms with Crippen LogP contribution in [0.4, 0.5) is 0 Å². The number of likely N-dealkylation sites (tertiary alicyclic amines) is 1. The minimum Gasteiger partial charge on any atom is -0.351 e. The highest BCUT2D eigenvalue weighted by atomic mass is 16.5. The highest BCUT2D eigenvalue weighted by Gasteiger charge is 2.44. The first-order chi connectivity index (χ1) is 11.1. The Hall–Kier alpha value is -2.63. The number of amides is 2. The maximum absolute atomic E-state index is 12.8. The lowest BCUT2D eigenvalue weighted by Crippen LogP contribution is -2.46. The second-order valence-corrected chi connectivity index (χ2v) is 6.11. The summed E-state index contributed by atoms with van der Waals surface area (Å²) in [6, 6.07) is 9.70. The third-order valence-corrected chi connectivity index (χ3v) is 4.84. The molecular formula is C17H17N3O3. The number of nitrogens with zero attached hydrogens (tertiary/aromatic N) is 3. The fourth-order valence-electron chi connectivity index (χ4n) is 3.70. The Balaban J connectivity index is 1.73. The molecule has 3 heterocycles. The molecule has 0 bridgehead atoms. The molecule has 0 spiro atoms. The molecule has 1 fully saturated rings. The molecule has 1 aromatic carbocycles. The molecule has 23 heavy (non-hydrogen) atoms. The van der Waals surface area contributed by atoms with Gasteiger partial charge in [0.2, 0.25) is 11.7 Å². The molecule has 118 valence electrons. The summed E-state index contributed by atoms with van der Waals surface area (Å²) in [4.78, 5) is 28.2. The Bertz CT molecular complexity index is 756. The smallest absolute Gasteiger partial charge is 0.293 e. The Morgan fingerprint density at radius 2 is 2.04 bits per heavy atom. The van der Waals surface area contributed by atoms with Gasteiger partial charge >= 0.3 is 0 Å². The van der Waals surface area contributed by atoms with Crippen molar-refractivity contribution >= 4 is 11.8 Å². The van der Waals surface area contributed by atoms with Gasteiger partial charge in [-0.2, -0.15) is 0 Å². The van der Waals surface area contributed by atoms with Crippen molar-refractivity contribution in [1.29, 1.82) is 0 Å². The second kappa shape index (κ2) is 5.22. The van der Waals surface area contributed by atoms with E-state index in [1.807, 2.05) is 28.0 Å². The molecule has 2 aliphatic heterocycles. The maximum Gasteiger partial charge on any atom is 0.293 e. The van der Waals surface area contributed by atoms with Gasteiger partial charge in [0.05, 0.1) is 12.2 Å². The topological polar surface area (TPSA) is 66.7 Å². The van der Waals surface area contributed by atoms with Crippen LogP contribution in [0.5, 0.6) is 0 Å². The van der Waals surface area contributed by atoms with Gasteiger partial charge in [0.25, 0.3) is 5.91 Å². The third-order valence-electron chi connectivity index (χ3n) is 4.84. The lowest BCUT2D eigenvalue weighted by molar-refractivity contribution is -0.128. The molecule has 0 aliphatic carbocycles. The van der Waals surface area contributed by atoms with Gasteiger partial charge in [0.1, 0.15) is 0 Å². The van der Waals surface area contributed by atoms with Gasteiger partial charge in [-0.3, -0.25) is 9.59 Å². The van der Waals surface area contributed by atoms with E-state index in [-0.39, 0.29) is 29.5 Å². The molecule has 0 radical (unpaired) electrons. The number of aromatic nitrogens is 1. The molecule has 2 amide bonds. The van der Waals surface area contributed by atoms with Crippen LogP contribution in [0.25, 0.3) is 0 Å². The zero-order chi connectivity index (χ0) is 16.0. The Labute approximate surface area is 133 Å².